The number of rotatable bonds is 3. The van der Waals surface area contributed by atoms with Crippen LogP contribution in [0.3, 0.4) is 0 Å². The molecule has 2 fully saturated rings. The second kappa shape index (κ2) is 5.99. The number of morpholine rings is 1. The quantitative estimate of drug-likeness (QED) is 0.816. The minimum absolute atomic E-state index is 0.251. The van der Waals surface area contributed by atoms with Gasteiger partial charge in [-0.25, -0.2) is 0 Å². The lowest BCUT2D eigenvalue weighted by Gasteiger charge is -2.43. The molecular formula is C13H23NO4. The molecule has 104 valence electrons. The van der Waals surface area contributed by atoms with Crippen molar-refractivity contribution < 1.29 is 19.4 Å². The number of ether oxygens (including phenoxy) is 2. The van der Waals surface area contributed by atoms with E-state index in [2.05, 4.69) is 18.7 Å². The number of nitrogens with zero attached hydrogens (tertiary/aromatic N) is 1. The third kappa shape index (κ3) is 3.02. The van der Waals surface area contributed by atoms with Crippen LogP contribution in [0.4, 0.5) is 0 Å². The number of hydrogen-bond donors (Lipinski definition) is 1. The zero-order chi connectivity index (χ0) is 13.1. The number of hydrogen-bond acceptors (Lipinski definition) is 4. The van der Waals surface area contributed by atoms with E-state index < -0.39 is 12.0 Å². The van der Waals surface area contributed by atoms with E-state index in [1.807, 2.05) is 0 Å². The maximum Gasteiger partial charge on any atom is 0.323 e. The van der Waals surface area contributed by atoms with Crippen molar-refractivity contribution in [3.63, 3.8) is 0 Å². The summed E-state index contributed by atoms with van der Waals surface area (Å²) in [6.45, 7) is 6.69. The van der Waals surface area contributed by atoms with Gasteiger partial charge in [-0.05, 0) is 18.8 Å². The Balaban J connectivity index is 2.01. The molecule has 5 heteroatoms. The first kappa shape index (κ1) is 13.8. The van der Waals surface area contributed by atoms with Crippen molar-refractivity contribution in [2.24, 2.45) is 5.92 Å². The molecule has 3 unspecified atom stereocenters. The van der Waals surface area contributed by atoms with Gasteiger partial charge in [0.15, 0.2) is 0 Å². The van der Waals surface area contributed by atoms with E-state index in [0.29, 0.717) is 31.7 Å². The Bertz CT molecular complexity index is 295. The summed E-state index contributed by atoms with van der Waals surface area (Å²) < 4.78 is 11.0. The average Bonchev–Trinajstić information content (AvgIpc) is 2.39. The Morgan fingerprint density at radius 1 is 1.39 bits per heavy atom. The van der Waals surface area contributed by atoms with Crippen molar-refractivity contribution in [3.8, 4) is 0 Å². The van der Waals surface area contributed by atoms with E-state index in [-0.39, 0.29) is 6.10 Å². The summed E-state index contributed by atoms with van der Waals surface area (Å²) in [6.07, 6.45) is 2.11. The monoisotopic (exact) mass is 257 g/mol. The van der Waals surface area contributed by atoms with E-state index >= 15 is 0 Å². The van der Waals surface area contributed by atoms with Crippen molar-refractivity contribution in [1.82, 2.24) is 4.90 Å². The Hall–Kier alpha value is -0.650. The van der Waals surface area contributed by atoms with Crippen LogP contribution in [0.2, 0.25) is 0 Å². The van der Waals surface area contributed by atoms with E-state index in [0.717, 1.165) is 19.4 Å². The average molecular weight is 257 g/mol. The van der Waals surface area contributed by atoms with Gasteiger partial charge in [-0.1, -0.05) is 13.8 Å². The summed E-state index contributed by atoms with van der Waals surface area (Å²) >= 11 is 0. The molecule has 5 nitrogen and oxygen atoms in total. The molecule has 2 aliphatic heterocycles. The fourth-order valence-corrected chi connectivity index (χ4v) is 2.84. The van der Waals surface area contributed by atoms with Gasteiger partial charge >= 0.3 is 5.97 Å². The zero-order valence-electron chi connectivity index (χ0n) is 11.2. The minimum atomic E-state index is -0.776. The predicted molar refractivity (Wildman–Crippen MR) is 66.5 cm³/mol. The van der Waals surface area contributed by atoms with Crippen LogP contribution < -0.4 is 0 Å². The zero-order valence-corrected chi connectivity index (χ0v) is 11.2. The molecule has 2 heterocycles. The highest BCUT2D eigenvalue weighted by Crippen LogP contribution is 2.26. The Labute approximate surface area is 108 Å². The van der Waals surface area contributed by atoms with Crippen molar-refractivity contribution in [1.29, 1.82) is 0 Å². The SMILES string of the molecule is CC(C)C1CC(N2CCOCC2C(=O)O)CCO1. The fraction of sp³-hybridized carbons (Fsp3) is 0.923. The Morgan fingerprint density at radius 2 is 2.17 bits per heavy atom. The predicted octanol–water partition coefficient (Wildman–Crippen LogP) is 0.975. The number of carboxylic acid groups (broad SMARTS) is 1. The van der Waals surface area contributed by atoms with Gasteiger partial charge in [-0.15, -0.1) is 0 Å². The summed E-state index contributed by atoms with van der Waals surface area (Å²) in [6, 6.07) is -0.175. The fourth-order valence-electron chi connectivity index (χ4n) is 2.84. The second-order valence-electron chi connectivity index (χ2n) is 5.50. The first-order valence-corrected chi connectivity index (χ1v) is 6.77. The normalized spacial score (nSPS) is 34.7. The molecular weight excluding hydrogens is 234 g/mol. The first-order valence-electron chi connectivity index (χ1n) is 6.77. The molecule has 1 N–H and O–H groups in total. The lowest BCUT2D eigenvalue weighted by molar-refractivity contribution is -0.155. The lowest BCUT2D eigenvalue weighted by atomic mass is 9.93. The Kier molecular flexibility index (Phi) is 4.59. The third-order valence-electron chi connectivity index (χ3n) is 3.95. The topological polar surface area (TPSA) is 59.0 Å². The van der Waals surface area contributed by atoms with Crippen LogP contribution >= 0.6 is 0 Å². The summed E-state index contributed by atoms with van der Waals surface area (Å²) in [4.78, 5) is 13.4. The van der Waals surface area contributed by atoms with Gasteiger partial charge in [0.05, 0.1) is 19.3 Å². The number of aliphatic carboxylic acids is 1. The highest BCUT2D eigenvalue weighted by molar-refractivity contribution is 5.73. The molecule has 0 aliphatic carbocycles. The van der Waals surface area contributed by atoms with Gasteiger partial charge in [0, 0.05) is 19.2 Å². The van der Waals surface area contributed by atoms with E-state index in [1.54, 1.807) is 0 Å². The largest absolute Gasteiger partial charge is 0.480 e. The van der Waals surface area contributed by atoms with Gasteiger partial charge in [0.25, 0.3) is 0 Å². The molecule has 0 bridgehead atoms. The molecule has 0 aromatic heterocycles. The van der Waals surface area contributed by atoms with Crippen LogP contribution in [0.15, 0.2) is 0 Å². The van der Waals surface area contributed by atoms with Gasteiger partial charge in [-0.3, -0.25) is 9.69 Å². The lowest BCUT2D eigenvalue weighted by Crippen LogP contribution is -2.56. The second-order valence-corrected chi connectivity index (χ2v) is 5.50. The van der Waals surface area contributed by atoms with Gasteiger partial charge in [0.2, 0.25) is 0 Å². The standard InChI is InChI=1S/C13H23NO4/c1-9(2)12-7-10(3-5-18-12)14-4-6-17-8-11(14)13(15)16/h9-12H,3-8H2,1-2H3,(H,15,16). The molecule has 2 saturated heterocycles. The van der Waals surface area contributed by atoms with E-state index in [9.17, 15) is 9.90 Å². The summed E-state index contributed by atoms with van der Waals surface area (Å²) in [5, 5.41) is 9.26. The third-order valence-corrected chi connectivity index (χ3v) is 3.95. The molecule has 0 aromatic carbocycles. The number of carbonyl (C=O) groups is 1. The maximum atomic E-state index is 11.3. The molecule has 0 spiro atoms. The molecule has 3 atom stereocenters. The minimum Gasteiger partial charge on any atom is -0.480 e. The van der Waals surface area contributed by atoms with Crippen molar-refractivity contribution in [2.45, 2.75) is 44.9 Å². The first-order chi connectivity index (χ1) is 8.59. The molecule has 2 rings (SSSR count). The van der Waals surface area contributed by atoms with Crippen molar-refractivity contribution in [2.75, 3.05) is 26.4 Å². The summed E-state index contributed by atoms with van der Waals surface area (Å²) in [5.41, 5.74) is 0. The van der Waals surface area contributed by atoms with Crippen LogP contribution in [0.25, 0.3) is 0 Å². The summed E-state index contributed by atoms with van der Waals surface area (Å²) in [7, 11) is 0. The van der Waals surface area contributed by atoms with Gasteiger partial charge in [-0.2, -0.15) is 0 Å². The molecule has 0 amide bonds. The Morgan fingerprint density at radius 3 is 2.83 bits per heavy atom. The van der Waals surface area contributed by atoms with E-state index in [1.165, 1.54) is 0 Å². The smallest absolute Gasteiger partial charge is 0.323 e. The van der Waals surface area contributed by atoms with Gasteiger partial charge in [0.1, 0.15) is 6.04 Å². The molecule has 2 aliphatic rings. The highest BCUT2D eigenvalue weighted by atomic mass is 16.5. The van der Waals surface area contributed by atoms with Crippen molar-refractivity contribution in [3.05, 3.63) is 0 Å². The highest BCUT2D eigenvalue weighted by Gasteiger charge is 2.37. The van der Waals surface area contributed by atoms with Crippen LogP contribution in [0, 0.1) is 5.92 Å². The molecule has 18 heavy (non-hydrogen) atoms. The van der Waals surface area contributed by atoms with Gasteiger partial charge < -0.3 is 14.6 Å². The summed E-state index contributed by atoms with van der Waals surface area (Å²) in [5.74, 6) is -0.292. The van der Waals surface area contributed by atoms with Crippen LogP contribution in [0.1, 0.15) is 26.7 Å². The number of carboxylic acids is 1. The van der Waals surface area contributed by atoms with Crippen LogP contribution in [-0.2, 0) is 14.3 Å². The molecule has 0 radical (unpaired) electrons. The van der Waals surface area contributed by atoms with Crippen LogP contribution in [0.5, 0.6) is 0 Å². The van der Waals surface area contributed by atoms with Crippen LogP contribution in [-0.4, -0.2) is 60.5 Å². The maximum absolute atomic E-state index is 11.3. The van der Waals surface area contributed by atoms with Crippen molar-refractivity contribution >= 4 is 5.97 Å². The molecule has 0 aromatic rings. The molecule has 0 saturated carbocycles. The van der Waals surface area contributed by atoms with E-state index in [4.69, 9.17) is 9.47 Å².